The summed E-state index contributed by atoms with van der Waals surface area (Å²) in [7, 11) is 0. The Bertz CT molecular complexity index is 240. The maximum atomic E-state index is 10.2. The molecule has 3 heteroatoms. The predicted octanol–water partition coefficient (Wildman–Crippen LogP) is 0.950. The Morgan fingerprint density at radius 3 is 2.80 bits per heavy atom. The summed E-state index contributed by atoms with van der Waals surface area (Å²) in [5.74, 6) is -0.804. The third-order valence-corrected chi connectivity index (χ3v) is 1.23. The highest BCUT2D eigenvalue weighted by Gasteiger charge is 1.99. The first-order chi connectivity index (χ1) is 4.68. The largest absolute Gasteiger partial charge is 0.481 e. The lowest BCUT2D eigenvalue weighted by Crippen LogP contribution is -1.99. The second-order valence-electron chi connectivity index (χ2n) is 2.24. The summed E-state index contributed by atoms with van der Waals surface area (Å²) in [6, 6.07) is 3.64. The first kappa shape index (κ1) is 6.86. The van der Waals surface area contributed by atoms with Crippen LogP contribution in [0.2, 0.25) is 0 Å². The highest BCUT2D eigenvalue weighted by Crippen LogP contribution is 2.00. The first-order valence-corrected chi connectivity index (χ1v) is 3.05. The molecule has 2 N–H and O–H groups in total. The van der Waals surface area contributed by atoms with Gasteiger partial charge in [0.15, 0.2) is 0 Å². The van der Waals surface area contributed by atoms with E-state index in [4.69, 9.17) is 5.11 Å². The van der Waals surface area contributed by atoms with E-state index in [2.05, 4.69) is 4.98 Å². The van der Waals surface area contributed by atoms with Crippen LogP contribution in [0.4, 0.5) is 0 Å². The molecule has 1 aromatic rings. The molecule has 0 radical (unpaired) electrons. The maximum Gasteiger partial charge on any atom is 0.309 e. The number of carboxylic acids is 1. The predicted molar refractivity (Wildman–Crippen MR) is 36.9 cm³/mol. The molecule has 0 amide bonds. The Morgan fingerprint density at radius 1 is 1.70 bits per heavy atom. The number of hydrogen-bond donors (Lipinski definition) is 2. The fraction of sp³-hybridized carbons (Fsp3) is 0.286. The highest BCUT2D eigenvalue weighted by molar-refractivity contribution is 5.69. The molecule has 3 nitrogen and oxygen atoms in total. The third-order valence-electron chi connectivity index (χ3n) is 1.23. The summed E-state index contributed by atoms with van der Waals surface area (Å²) < 4.78 is 0. The van der Waals surface area contributed by atoms with Crippen LogP contribution in [0.15, 0.2) is 12.1 Å². The third kappa shape index (κ3) is 1.62. The van der Waals surface area contributed by atoms with Gasteiger partial charge in [0.2, 0.25) is 0 Å². The molecule has 0 fully saturated rings. The Balaban J connectivity index is 2.67. The number of aliphatic carboxylic acids is 1. The van der Waals surface area contributed by atoms with Gasteiger partial charge in [-0.1, -0.05) is 0 Å². The summed E-state index contributed by atoms with van der Waals surface area (Å²) in [6.07, 6.45) is 0.0772. The van der Waals surface area contributed by atoms with Crippen LogP contribution in [0.5, 0.6) is 0 Å². The number of hydrogen-bond acceptors (Lipinski definition) is 1. The van der Waals surface area contributed by atoms with Crippen molar-refractivity contribution in [2.45, 2.75) is 13.3 Å². The maximum absolute atomic E-state index is 10.2. The van der Waals surface area contributed by atoms with Gasteiger partial charge in [0.1, 0.15) is 0 Å². The lowest BCUT2D eigenvalue weighted by molar-refractivity contribution is -0.136. The van der Waals surface area contributed by atoms with Crippen molar-refractivity contribution in [3.63, 3.8) is 0 Å². The minimum absolute atomic E-state index is 0.0772. The second-order valence-corrected chi connectivity index (χ2v) is 2.24. The van der Waals surface area contributed by atoms with Crippen molar-refractivity contribution in [3.05, 3.63) is 23.5 Å². The molecule has 0 spiro atoms. The van der Waals surface area contributed by atoms with Crippen LogP contribution in [0, 0.1) is 6.92 Å². The zero-order chi connectivity index (χ0) is 7.56. The van der Waals surface area contributed by atoms with E-state index < -0.39 is 5.97 Å². The second kappa shape index (κ2) is 2.56. The molecular weight excluding hydrogens is 130 g/mol. The summed E-state index contributed by atoms with van der Waals surface area (Å²) in [4.78, 5) is 13.1. The normalized spacial score (nSPS) is 9.70. The summed E-state index contributed by atoms with van der Waals surface area (Å²) in [6.45, 7) is 1.89. The number of carboxylic acid groups (broad SMARTS) is 1. The molecular formula is C7H9NO2. The molecule has 0 unspecified atom stereocenters. The molecule has 0 bridgehead atoms. The topological polar surface area (TPSA) is 53.1 Å². The van der Waals surface area contributed by atoms with Crippen LogP contribution in [0.3, 0.4) is 0 Å². The Labute approximate surface area is 58.7 Å². The number of carbonyl (C=O) groups is 1. The lowest BCUT2D eigenvalue weighted by Gasteiger charge is -1.88. The van der Waals surface area contributed by atoms with Gasteiger partial charge < -0.3 is 10.1 Å². The number of H-pyrrole nitrogens is 1. The van der Waals surface area contributed by atoms with Crippen molar-refractivity contribution in [1.29, 1.82) is 0 Å². The van der Waals surface area contributed by atoms with Crippen molar-refractivity contribution in [1.82, 2.24) is 4.98 Å². The van der Waals surface area contributed by atoms with Crippen LogP contribution < -0.4 is 0 Å². The first-order valence-electron chi connectivity index (χ1n) is 3.05. The van der Waals surface area contributed by atoms with Crippen molar-refractivity contribution >= 4 is 5.97 Å². The van der Waals surface area contributed by atoms with Crippen molar-refractivity contribution in [2.24, 2.45) is 0 Å². The Morgan fingerprint density at radius 2 is 2.40 bits per heavy atom. The van der Waals surface area contributed by atoms with Gasteiger partial charge in [-0.2, -0.15) is 0 Å². The molecule has 1 heterocycles. The molecule has 0 saturated heterocycles. The molecule has 0 aliphatic heterocycles. The quantitative estimate of drug-likeness (QED) is 0.640. The minimum atomic E-state index is -0.804. The minimum Gasteiger partial charge on any atom is -0.481 e. The van der Waals surface area contributed by atoms with E-state index in [-0.39, 0.29) is 6.42 Å². The van der Waals surface area contributed by atoms with Crippen LogP contribution in [0.1, 0.15) is 11.4 Å². The highest BCUT2D eigenvalue weighted by atomic mass is 16.4. The van der Waals surface area contributed by atoms with Crippen molar-refractivity contribution < 1.29 is 9.90 Å². The molecule has 0 aromatic carbocycles. The summed E-state index contributed by atoms with van der Waals surface area (Å²) in [5.41, 5.74) is 1.75. The molecule has 0 aliphatic rings. The van der Waals surface area contributed by atoms with Gasteiger partial charge >= 0.3 is 5.97 Å². The summed E-state index contributed by atoms with van der Waals surface area (Å²) in [5, 5.41) is 8.36. The van der Waals surface area contributed by atoms with Crippen molar-refractivity contribution in [3.8, 4) is 0 Å². The van der Waals surface area contributed by atoms with Gasteiger partial charge in [-0.25, -0.2) is 0 Å². The van der Waals surface area contributed by atoms with Crippen molar-refractivity contribution in [2.75, 3.05) is 0 Å². The van der Waals surface area contributed by atoms with E-state index in [1.165, 1.54) is 0 Å². The zero-order valence-electron chi connectivity index (χ0n) is 5.72. The van der Waals surface area contributed by atoms with Crippen LogP contribution in [-0.4, -0.2) is 16.1 Å². The van der Waals surface area contributed by atoms with Gasteiger partial charge in [-0.3, -0.25) is 4.79 Å². The van der Waals surface area contributed by atoms with E-state index in [9.17, 15) is 4.79 Å². The Hall–Kier alpha value is -1.25. The van der Waals surface area contributed by atoms with Crippen LogP contribution >= 0.6 is 0 Å². The molecule has 0 atom stereocenters. The number of nitrogens with one attached hydrogen (secondary N) is 1. The molecule has 1 aromatic heterocycles. The standard InChI is InChI=1S/C7H9NO2/c1-5-2-3-6(8-5)4-7(9)10/h2-3,8H,4H2,1H3,(H,9,10). The van der Waals surface area contributed by atoms with Crippen LogP contribution in [0.25, 0.3) is 0 Å². The molecule has 0 aliphatic carbocycles. The van der Waals surface area contributed by atoms with Gasteiger partial charge in [0.25, 0.3) is 0 Å². The van der Waals surface area contributed by atoms with Crippen LogP contribution in [-0.2, 0) is 11.2 Å². The molecule has 54 valence electrons. The molecule has 0 saturated carbocycles. The molecule has 10 heavy (non-hydrogen) atoms. The van der Waals surface area contributed by atoms with E-state index in [1.54, 1.807) is 6.07 Å². The van der Waals surface area contributed by atoms with E-state index in [0.29, 0.717) is 0 Å². The Kier molecular flexibility index (Phi) is 1.76. The van der Waals surface area contributed by atoms with Gasteiger partial charge in [-0.15, -0.1) is 0 Å². The monoisotopic (exact) mass is 139 g/mol. The van der Waals surface area contributed by atoms with Gasteiger partial charge in [0.05, 0.1) is 6.42 Å². The van der Waals surface area contributed by atoms with E-state index in [1.807, 2.05) is 13.0 Å². The van der Waals surface area contributed by atoms with Gasteiger partial charge in [0, 0.05) is 11.4 Å². The fourth-order valence-electron chi connectivity index (χ4n) is 0.828. The average Bonchev–Trinajstić information content (AvgIpc) is 2.13. The molecule has 1 rings (SSSR count). The van der Waals surface area contributed by atoms with Gasteiger partial charge in [-0.05, 0) is 19.1 Å². The van der Waals surface area contributed by atoms with E-state index in [0.717, 1.165) is 11.4 Å². The summed E-state index contributed by atoms with van der Waals surface area (Å²) >= 11 is 0. The van der Waals surface area contributed by atoms with E-state index >= 15 is 0 Å². The number of aromatic amines is 1. The number of aryl methyl sites for hydroxylation is 1. The SMILES string of the molecule is Cc1ccc(CC(=O)O)[nH]1. The number of rotatable bonds is 2. The smallest absolute Gasteiger partial charge is 0.309 e. The fourth-order valence-corrected chi connectivity index (χ4v) is 0.828. The zero-order valence-corrected chi connectivity index (χ0v) is 5.72. The lowest BCUT2D eigenvalue weighted by atomic mass is 10.3. The average molecular weight is 139 g/mol. The number of aromatic nitrogens is 1.